The lowest BCUT2D eigenvalue weighted by Gasteiger charge is -2.07. The molecule has 0 saturated carbocycles. The van der Waals surface area contributed by atoms with Crippen LogP contribution in [0, 0.1) is 0 Å². The third kappa shape index (κ3) is 4.17. The minimum atomic E-state index is -0.348. The van der Waals surface area contributed by atoms with Gasteiger partial charge in [0, 0.05) is 26.8 Å². The molecule has 0 aliphatic rings. The van der Waals surface area contributed by atoms with Crippen molar-refractivity contribution in [1.29, 1.82) is 0 Å². The van der Waals surface area contributed by atoms with E-state index in [1.807, 2.05) is 0 Å². The van der Waals surface area contributed by atoms with Crippen molar-refractivity contribution in [2.75, 3.05) is 11.1 Å². The van der Waals surface area contributed by atoms with Gasteiger partial charge in [0.05, 0.1) is 29.6 Å². The number of carbonyl (C=O) groups excluding carboxylic acids is 2. The van der Waals surface area contributed by atoms with Gasteiger partial charge in [-0.3, -0.25) is 18.7 Å². The predicted molar refractivity (Wildman–Crippen MR) is 118 cm³/mol. The molecular formula is C20H21N7O4S. The second-order valence-corrected chi connectivity index (χ2v) is 8.00. The van der Waals surface area contributed by atoms with E-state index in [9.17, 15) is 14.4 Å². The summed E-state index contributed by atoms with van der Waals surface area (Å²) in [4.78, 5) is 36.4. The van der Waals surface area contributed by atoms with Crippen molar-refractivity contribution in [3.8, 4) is 0 Å². The molecule has 0 spiro atoms. The maximum absolute atomic E-state index is 12.4. The van der Waals surface area contributed by atoms with Crippen molar-refractivity contribution in [2.45, 2.75) is 11.7 Å². The lowest BCUT2D eigenvalue weighted by atomic mass is 10.2. The van der Waals surface area contributed by atoms with Gasteiger partial charge in [-0.1, -0.05) is 11.8 Å². The maximum Gasteiger partial charge on any atom is 0.328 e. The van der Waals surface area contributed by atoms with E-state index in [1.165, 1.54) is 22.6 Å². The van der Waals surface area contributed by atoms with Crippen LogP contribution in [-0.4, -0.2) is 41.5 Å². The fourth-order valence-corrected chi connectivity index (χ4v) is 3.92. The van der Waals surface area contributed by atoms with Crippen LogP contribution in [0.5, 0.6) is 0 Å². The van der Waals surface area contributed by atoms with Crippen LogP contribution in [0.4, 0.5) is 5.69 Å². The molecule has 32 heavy (non-hydrogen) atoms. The fraction of sp³-hybridized carbons (Fsp3) is 0.250. The molecule has 4 rings (SSSR count). The normalized spacial score (nSPS) is 11.1. The topological polar surface area (TPSA) is 129 Å². The predicted octanol–water partition coefficient (Wildman–Crippen LogP) is 1.26. The summed E-state index contributed by atoms with van der Waals surface area (Å²) in [6.07, 6.45) is 1.43. The van der Waals surface area contributed by atoms with Gasteiger partial charge in [-0.05, 0) is 30.3 Å². The first-order chi connectivity index (χ1) is 15.3. The van der Waals surface area contributed by atoms with E-state index in [0.717, 1.165) is 11.0 Å². The van der Waals surface area contributed by atoms with E-state index in [-0.39, 0.29) is 35.6 Å². The smallest absolute Gasteiger partial charge is 0.328 e. The molecule has 0 unspecified atom stereocenters. The number of aryl methyl sites for hydroxylation is 2. The van der Waals surface area contributed by atoms with Gasteiger partial charge in [0.15, 0.2) is 16.7 Å². The molecule has 1 aromatic carbocycles. The van der Waals surface area contributed by atoms with Crippen LogP contribution in [0.3, 0.4) is 0 Å². The van der Waals surface area contributed by atoms with E-state index in [1.54, 1.807) is 60.6 Å². The minimum Gasteiger partial charge on any atom is -0.459 e. The summed E-state index contributed by atoms with van der Waals surface area (Å²) in [6, 6.07) is 8.52. The number of furan rings is 1. The molecule has 2 amide bonds. The number of fused-ring (bicyclic) bond motifs is 1. The number of benzene rings is 1. The Morgan fingerprint density at radius 1 is 1.06 bits per heavy atom. The molecule has 0 aliphatic carbocycles. The van der Waals surface area contributed by atoms with Gasteiger partial charge in [-0.15, -0.1) is 10.2 Å². The van der Waals surface area contributed by atoms with Crippen LogP contribution in [0.15, 0.2) is 51.0 Å². The van der Waals surface area contributed by atoms with E-state index in [0.29, 0.717) is 16.7 Å². The third-order valence-corrected chi connectivity index (χ3v) is 5.99. The summed E-state index contributed by atoms with van der Waals surface area (Å²) in [7, 11) is 5.16. The molecule has 0 saturated heterocycles. The number of anilines is 1. The summed E-state index contributed by atoms with van der Waals surface area (Å²) in [6.45, 7) is 0.172. The van der Waals surface area contributed by atoms with Crippen molar-refractivity contribution < 1.29 is 14.0 Å². The number of aromatic nitrogens is 5. The second kappa shape index (κ2) is 8.75. The number of rotatable bonds is 7. The van der Waals surface area contributed by atoms with Crippen molar-refractivity contribution >= 4 is 40.3 Å². The zero-order valence-electron chi connectivity index (χ0n) is 17.7. The zero-order chi connectivity index (χ0) is 22.8. The van der Waals surface area contributed by atoms with Crippen LogP contribution in [0.2, 0.25) is 0 Å². The molecule has 2 N–H and O–H groups in total. The van der Waals surface area contributed by atoms with Gasteiger partial charge in [0.1, 0.15) is 0 Å². The molecule has 3 heterocycles. The van der Waals surface area contributed by atoms with Crippen LogP contribution in [0.1, 0.15) is 16.4 Å². The Bertz CT molecular complexity index is 1350. The van der Waals surface area contributed by atoms with Crippen LogP contribution >= 0.6 is 11.8 Å². The fourth-order valence-electron chi connectivity index (χ4n) is 3.19. The second-order valence-electron chi connectivity index (χ2n) is 7.06. The Morgan fingerprint density at radius 3 is 2.59 bits per heavy atom. The summed E-state index contributed by atoms with van der Waals surface area (Å²) in [5, 5.41) is 14.2. The largest absolute Gasteiger partial charge is 0.459 e. The zero-order valence-corrected chi connectivity index (χ0v) is 18.5. The van der Waals surface area contributed by atoms with E-state index in [4.69, 9.17) is 4.42 Å². The van der Waals surface area contributed by atoms with Gasteiger partial charge in [-0.2, -0.15) is 0 Å². The highest BCUT2D eigenvalue weighted by Gasteiger charge is 2.15. The summed E-state index contributed by atoms with van der Waals surface area (Å²) < 4.78 is 9.85. The highest BCUT2D eigenvalue weighted by molar-refractivity contribution is 7.99. The number of amides is 2. The van der Waals surface area contributed by atoms with Gasteiger partial charge < -0.3 is 19.6 Å². The first-order valence-corrected chi connectivity index (χ1v) is 10.6. The first-order valence-electron chi connectivity index (χ1n) is 9.63. The Hall–Kier alpha value is -3.80. The monoisotopic (exact) mass is 455 g/mol. The minimum absolute atomic E-state index is 0.122. The Morgan fingerprint density at radius 2 is 1.84 bits per heavy atom. The van der Waals surface area contributed by atoms with E-state index in [2.05, 4.69) is 20.8 Å². The molecule has 0 radical (unpaired) electrons. The average molecular weight is 456 g/mol. The highest BCUT2D eigenvalue weighted by Crippen LogP contribution is 2.19. The Kier molecular flexibility index (Phi) is 5.86. The third-order valence-electron chi connectivity index (χ3n) is 4.97. The molecule has 0 fully saturated rings. The van der Waals surface area contributed by atoms with Crippen LogP contribution in [0.25, 0.3) is 11.0 Å². The van der Waals surface area contributed by atoms with Crippen molar-refractivity contribution in [3.05, 3.63) is 58.7 Å². The maximum atomic E-state index is 12.4. The van der Waals surface area contributed by atoms with Crippen molar-refractivity contribution in [1.82, 2.24) is 29.2 Å². The van der Waals surface area contributed by atoms with Crippen LogP contribution < -0.4 is 16.3 Å². The summed E-state index contributed by atoms with van der Waals surface area (Å²) in [5.74, 6) is 0.317. The SMILES string of the molecule is Cn1c(CNC(=O)c2ccco2)nnc1SCC(=O)Nc1ccc2c(c1)n(C)c(=O)n2C. The van der Waals surface area contributed by atoms with Gasteiger partial charge >= 0.3 is 5.69 Å². The highest BCUT2D eigenvalue weighted by atomic mass is 32.2. The Balaban J connectivity index is 1.34. The number of carbonyl (C=O) groups is 2. The molecule has 166 valence electrons. The molecule has 11 nitrogen and oxygen atoms in total. The molecule has 0 atom stereocenters. The van der Waals surface area contributed by atoms with Gasteiger partial charge in [0.25, 0.3) is 5.91 Å². The number of hydrogen-bond acceptors (Lipinski definition) is 7. The van der Waals surface area contributed by atoms with Crippen molar-refractivity contribution in [2.24, 2.45) is 21.1 Å². The van der Waals surface area contributed by atoms with Crippen LogP contribution in [-0.2, 0) is 32.5 Å². The van der Waals surface area contributed by atoms with E-state index < -0.39 is 0 Å². The van der Waals surface area contributed by atoms with Gasteiger partial charge in [-0.25, -0.2) is 4.79 Å². The molecule has 12 heteroatoms. The number of thioether (sulfide) groups is 1. The van der Waals surface area contributed by atoms with E-state index >= 15 is 0 Å². The van der Waals surface area contributed by atoms with Crippen molar-refractivity contribution in [3.63, 3.8) is 0 Å². The molecular weight excluding hydrogens is 434 g/mol. The molecule has 4 aromatic rings. The number of nitrogens with one attached hydrogen (secondary N) is 2. The molecule has 3 aromatic heterocycles. The number of imidazole rings is 1. The Labute approximate surface area is 186 Å². The molecule has 0 bridgehead atoms. The number of nitrogens with zero attached hydrogens (tertiary/aromatic N) is 5. The summed E-state index contributed by atoms with van der Waals surface area (Å²) >= 11 is 1.23. The number of hydrogen-bond donors (Lipinski definition) is 2. The quantitative estimate of drug-likeness (QED) is 0.401. The lowest BCUT2D eigenvalue weighted by Crippen LogP contribution is -2.24. The van der Waals surface area contributed by atoms with Gasteiger partial charge in [0.2, 0.25) is 5.91 Å². The average Bonchev–Trinajstić information content (AvgIpc) is 3.49. The molecule has 0 aliphatic heterocycles. The standard InChI is InChI=1S/C20H21N7O4S/c1-25-13-7-6-12(9-14(13)26(2)20(25)30)22-17(28)11-32-19-24-23-16(27(19)3)10-21-18(29)15-5-4-8-31-15/h4-9H,10-11H2,1-3H3,(H,21,29)(H,22,28). The lowest BCUT2D eigenvalue weighted by molar-refractivity contribution is -0.113. The summed E-state index contributed by atoms with van der Waals surface area (Å²) in [5.41, 5.74) is 1.99. The first kappa shape index (κ1) is 21.4.